The molecule has 3 amide bonds. The Balaban J connectivity index is 1.36. The standard InChI is InChI=1S/C18H19ClN4O2S/c19-12-5-7-13(8-6-12)23-10-9-22(18(23)25)11-16(24)21-17-20-14-3-1-2-4-15(14)26-17/h5-8H,1-4,9-11H2,(H,20,21,24). The Morgan fingerprint density at radius 2 is 1.96 bits per heavy atom. The van der Waals surface area contributed by atoms with Crippen LogP contribution < -0.4 is 10.2 Å². The number of nitrogens with zero attached hydrogens (tertiary/aromatic N) is 3. The van der Waals surface area contributed by atoms with Crippen LogP contribution in [0.4, 0.5) is 15.6 Å². The Morgan fingerprint density at radius 1 is 1.19 bits per heavy atom. The number of thiazole rings is 1. The second kappa shape index (κ2) is 7.25. The molecule has 2 aliphatic rings. The van der Waals surface area contributed by atoms with Crippen LogP contribution in [0, 0.1) is 0 Å². The van der Waals surface area contributed by atoms with Crippen LogP contribution >= 0.6 is 22.9 Å². The minimum atomic E-state index is -0.206. The molecule has 26 heavy (non-hydrogen) atoms. The summed E-state index contributed by atoms with van der Waals surface area (Å²) in [6.07, 6.45) is 4.38. The second-order valence-electron chi connectivity index (χ2n) is 6.48. The van der Waals surface area contributed by atoms with Gasteiger partial charge in [-0.05, 0) is 49.9 Å². The van der Waals surface area contributed by atoms with Crippen molar-refractivity contribution in [3.63, 3.8) is 0 Å². The molecule has 1 fully saturated rings. The Hall–Kier alpha value is -2.12. The van der Waals surface area contributed by atoms with Gasteiger partial charge in [0, 0.05) is 28.7 Å². The van der Waals surface area contributed by atoms with Crippen molar-refractivity contribution < 1.29 is 9.59 Å². The summed E-state index contributed by atoms with van der Waals surface area (Å²) in [5, 5.41) is 4.12. The van der Waals surface area contributed by atoms with E-state index in [2.05, 4.69) is 10.3 Å². The third-order valence-electron chi connectivity index (χ3n) is 4.66. The van der Waals surface area contributed by atoms with Crippen LogP contribution in [-0.4, -0.2) is 41.5 Å². The zero-order chi connectivity index (χ0) is 18.1. The molecule has 0 bridgehead atoms. The van der Waals surface area contributed by atoms with Crippen molar-refractivity contribution in [2.24, 2.45) is 0 Å². The van der Waals surface area contributed by atoms with Gasteiger partial charge in [0.2, 0.25) is 5.91 Å². The van der Waals surface area contributed by atoms with E-state index in [1.165, 1.54) is 11.3 Å². The van der Waals surface area contributed by atoms with Crippen molar-refractivity contribution in [3.05, 3.63) is 39.9 Å². The predicted molar refractivity (Wildman–Crippen MR) is 103 cm³/mol. The molecule has 8 heteroatoms. The third kappa shape index (κ3) is 3.54. The molecule has 1 aromatic heterocycles. The molecule has 0 unspecified atom stereocenters. The van der Waals surface area contributed by atoms with Crippen molar-refractivity contribution in [1.29, 1.82) is 0 Å². The molecule has 0 spiro atoms. The van der Waals surface area contributed by atoms with E-state index in [1.54, 1.807) is 33.3 Å². The third-order valence-corrected chi connectivity index (χ3v) is 5.98. The minimum absolute atomic E-state index is 0.0349. The summed E-state index contributed by atoms with van der Waals surface area (Å²) >= 11 is 7.45. The van der Waals surface area contributed by atoms with Crippen LogP contribution in [0.25, 0.3) is 0 Å². The summed E-state index contributed by atoms with van der Waals surface area (Å²) in [7, 11) is 0. The molecule has 1 aliphatic heterocycles. The van der Waals surface area contributed by atoms with Crippen LogP contribution in [-0.2, 0) is 17.6 Å². The first-order valence-electron chi connectivity index (χ1n) is 8.70. The number of aromatic nitrogens is 1. The van der Waals surface area contributed by atoms with Gasteiger partial charge in [0.1, 0.15) is 6.54 Å². The van der Waals surface area contributed by atoms with Crippen molar-refractivity contribution in [1.82, 2.24) is 9.88 Å². The van der Waals surface area contributed by atoms with Gasteiger partial charge in [0.15, 0.2) is 5.13 Å². The van der Waals surface area contributed by atoms with E-state index < -0.39 is 0 Å². The number of urea groups is 1. The average Bonchev–Trinajstić information content (AvgIpc) is 3.19. The molecule has 1 saturated heterocycles. The minimum Gasteiger partial charge on any atom is -0.313 e. The fourth-order valence-corrected chi connectivity index (χ4v) is 4.52. The van der Waals surface area contributed by atoms with Gasteiger partial charge in [-0.25, -0.2) is 9.78 Å². The average molecular weight is 391 g/mol. The number of hydrogen-bond acceptors (Lipinski definition) is 4. The fourth-order valence-electron chi connectivity index (χ4n) is 3.33. The molecule has 0 atom stereocenters. The Labute approximate surface area is 160 Å². The van der Waals surface area contributed by atoms with E-state index >= 15 is 0 Å². The van der Waals surface area contributed by atoms with Crippen molar-refractivity contribution in [2.45, 2.75) is 25.7 Å². The SMILES string of the molecule is O=C(CN1CCN(c2ccc(Cl)cc2)C1=O)Nc1nc2c(s1)CCCC2. The summed E-state index contributed by atoms with van der Waals surface area (Å²) in [5.74, 6) is -0.206. The lowest BCUT2D eigenvalue weighted by atomic mass is 10.0. The molecule has 1 aliphatic carbocycles. The number of rotatable bonds is 4. The number of anilines is 2. The summed E-state index contributed by atoms with van der Waals surface area (Å²) in [5.41, 5.74) is 1.90. The van der Waals surface area contributed by atoms with E-state index in [0.717, 1.165) is 30.6 Å². The first kappa shape index (κ1) is 17.3. The highest BCUT2D eigenvalue weighted by molar-refractivity contribution is 7.15. The van der Waals surface area contributed by atoms with Crippen LogP contribution in [0.3, 0.4) is 0 Å². The maximum atomic E-state index is 12.6. The highest BCUT2D eigenvalue weighted by Gasteiger charge is 2.31. The van der Waals surface area contributed by atoms with Crippen LogP contribution in [0.15, 0.2) is 24.3 Å². The van der Waals surface area contributed by atoms with Crippen molar-refractivity contribution >= 4 is 45.7 Å². The Morgan fingerprint density at radius 3 is 2.73 bits per heavy atom. The monoisotopic (exact) mass is 390 g/mol. The first-order chi connectivity index (χ1) is 12.6. The molecule has 0 radical (unpaired) electrons. The number of nitrogens with one attached hydrogen (secondary N) is 1. The highest BCUT2D eigenvalue weighted by Crippen LogP contribution is 2.29. The number of aryl methyl sites for hydroxylation is 2. The molecule has 1 N–H and O–H groups in total. The molecule has 2 heterocycles. The summed E-state index contributed by atoms with van der Waals surface area (Å²) in [6.45, 7) is 1.11. The zero-order valence-electron chi connectivity index (χ0n) is 14.2. The molecular formula is C18H19ClN4O2S. The van der Waals surface area contributed by atoms with Gasteiger partial charge in [-0.3, -0.25) is 9.69 Å². The van der Waals surface area contributed by atoms with Crippen molar-refractivity contribution in [3.8, 4) is 0 Å². The summed E-state index contributed by atoms with van der Waals surface area (Å²) in [4.78, 5) is 33.9. The predicted octanol–water partition coefficient (Wildman–Crippen LogP) is 3.56. The van der Waals surface area contributed by atoms with Gasteiger partial charge in [-0.15, -0.1) is 11.3 Å². The molecule has 4 rings (SSSR count). The quantitative estimate of drug-likeness (QED) is 0.868. The lowest BCUT2D eigenvalue weighted by molar-refractivity contribution is -0.116. The van der Waals surface area contributed by atoms with Crippen molar-refractivity contribution in [2.75, 3.05) is 29.9 Å². The van der Waals surface area contributed by atoms with E-state index in [9.17, 15) is 9.59 Å². The number of fused-ring (bicyclic) bond motifs is 1. The van der Waals surface area contributed by atoms with Crippen LogP contribution in [0.5, 0.6) is 0 Å². The van der Waals surface area contributed by atoms with Gasteiger partial charge < -0.3 is 10.2 Å². The zero-order valence-corrected chi connectivity index (χ0v) is 15.8. The number of benzene rings is 1. The van der Waals surface area contributed by atoms with Gasteiger partial charge in [-0.2, -0.15) is 0 Å². The molecule has 0 saturated carbocycles. The Kier molecular flexibility index (Phi) is 4.82. The number of hydrogen-bond donors (Lipinski definition) is 1. The van der Waals surface area contributed by atoms with Crippen LogP contribution in [0.1, 0.15) is 23.4 Å². The number of carbonyl (C=O) groups is 2. The Bertz CT molecular complexity index is 813. The maximum Gasteiger partial charge on any atom is 0.325 e. The highest BCUT2D eigenvalue weighted by atomic mass is 35.5. The van der Waals surface area contributed by atoms with E-state index in [4.69, 9.17) is 11.6 Å². The number of amides is 3. The number of halogens is 1. The normalized spacial score (nSPS) is 16.7. The lowest BCUT2D eigenvalue weighted by Crippen LogP contribution is -2.37. The molecule has 1 aromatic carbocycles. The van der Waals surface area contributed by atoms with E-state index in [1.807, 2.05) is 12.1 Å². The van der Waals surface area contributed by atoms with E-state index in [0.29, 0.717) is 23.2 Å². The lowest BCUT2D eigenvalue weighted by Gasteiger charge is -2.18. The van der Waals surface area contributed by atoms with E-state index in [-0.39, 0.29) is 18.5 Å². The van der Waals surface area contributed by atoms with Gasteiger partial charge in [-0.1, -0.05) is 11.6 Å². The largest absolute Gasteiger partial charge is 0.325 e. The number of carbonyl (C=O) groups excluding carboxylic acids is 2. The summed E-state index contributed by atoms with van der Waals surface area (Å²) in [6, 6.07) is 6.96. The maximum absolute atomic E-state index is 12.6. The van der Waals surface area contributed by atoms with Gasteiger partial charge >= 0.3 is 6.03 Å². The second-order valence-corrected chi connectivity index (χ2v) is 8.00. The molecule has 136 valence electrons. The molecule has 2 aromatic rings. The first-order valence-corrected chi connectivity index (χ1v) is 9.90. The smallest absolute Gasteiger partial charge is 0.313 e. The molecular weight excluding hydrogens is 372 g/mol. The molecule has 6 nitrogen and oxygen atoms in total. The topological polar surface area (TPSA) is 65.5 Å². The van der Waals surface area contributed by atoms with Gasteiger partial charge in [0.25, 0.3) is 0 Å². The van der Waals surface area contributed by atoms with Crippen LogP contribution in [0.2, 0.25) is 5.02 Å². The fraction of sp³-hybridized carbons (Fsp3) is 0.389. The summed E-state index contributed by atoms with van der Waals surface area (Å²) < 4.78 is 0. The van der Waals surface area contributed by atoms with Gasteiger partial charge in [0.05, 0.1) is 5.69 Å².